The van der Waals surface area contributed by atoms with Crippen molar-refractivity contribution in [1.82, 2.24) is 0 Å². The Balaban J connectivity index is 1.82. The van der Waals surface area contributed by atoms with Crippen molar-refractivity contribution in [3.63, 3.8) is 0 Å². The average Bonchev–Trinajstić information content (AvgIpc) is 3.36. The maximum absolute atomic E-state index is 2.28. The van der Waals surface area contributed by atoms with E-state index in [1.54, 1.807) is 0 Å². The highest BCUT2D eigenvalue weighted by Gasteiger charge is 2.33. The second-order valence-corrected chi connectivity index (χ2v) is 8.00. The number of hydrogen-bond donors (Lipinski definition) is 0. The van der Waals surface area contributed by atoms with Gasteiger partial charge in [0.05, 0.1) is 0 Å². The van der Waals surface area contributed by atoms with E-state index in [-0.39, 0.29) is 0 Å². The van der Waals surface area contributed by atoms with Crippen molar-refractivity contribution in [3.05, 3.63) is 92.3 Å². The Morgan fingerprint density at radius 2 is 0.833 bits per heavy atom. The van der Waals surface area contributed by atoms with Gasteiger partial charge < -0.3 is 0 Å². The minimum atomic E-state index is 1.37. The van der Waals surface area contributed by atoms with Gasteiger partial charge in [-0.2, -0.15) is 0 Å². The van der Waals surface area contributed by atoms with Crippen LogP contribution in [0.25, 0.3) is 33.4 Å². The summed E-state index contributed by atoms with van der Waals surface area (Å²) in [4.78, 5) is 2.84. The predicted octanol–water partition coefficient (Wildman–Crippen LogP) is 6.78. The SMILES string of the molecule is c1ccc2c(c1)/C(=C1\c3ccccc3-c3ccsc31)c1sccc1-2. The molecule has 0 nitrogen and oxygen atoms in total. The average molecular weight is 340 g/mol. The third-order valence-electron chi connectivity index (χ3n) is 5.01. The van der Waals surface area contributed by atoms with E-state index < -0.39 is 0 Å². The fourth-order valence-corrected chi connectivity index (χ4v) is 5.99. The Morgan fingerprint density at radius 3 is 1.29 bits per heavy atom. The molecular weight excluding hydrogens is 328 g/mol. The summed E-state index contributed by atoms with van der Waals surface area (Å²) < 4.78 is 0. The van der Waals surface area contributed by atoms with E-state index in [0.717, 1.165) is 0 Å². The second-order valence-electron chi connectivity index (χ2n) is 6.17. The van der Waals surface area contributed by atoms with Crippen LogP contribution in [0, 0.1) is 0 Å². The zero-order valence-electron chi connectivity index (χ0n) is 12.7. The first kappa shape index (κ1) is 12.9. The standard InChI is InChI=1S/C22H12S2/c1-3-7-15-13(5-1)17-9-11-23-21(17)19(15)20-16-8-4-2-6-14(16)18-10-12-24-22(18)20/h1-12H/b20-19-. The van der Waals surface area contributed by atoms with Gasteiger partial charge in [0, 0.05) is 32.0 Å². The van der Waals surface area contributed by atoms with Crippen LogP contribution in [0.4, 0.5) is 0 Å². The molecule has 2 aromatic heterocycles. The second kappa shape index (κ2) is 4.56. The maximum atomic E-state index is 2.28. The fraction of sp³-hybridized carbons (Fsp3) is 0. The molecule has 4 aromatic rings. The zero-order valence-corrected chi connectivity index (χ0v) is 14.4. The smallest absolute Gasteiger partial charge is 0.0434 e. The molecule has 0 amide bonds. The summed E-state index contributed by atoms with van der Waals surface area (Å²) in [6.45, 7) is 0. The molecule has 0 saturated carbocycles. The quantitative estimate of drug-likeness (QED) is 0.286. The molecule has 24 heavy (non-hydrogen) atoms. The molecule has 2 heterocycles. The van der Waals surface area contributed by atoms with E-state index in [1.165, 1.54) is 54.3 Å². The third kappa shape index (κ3) is 1.48. The van der Waals surface area contributed by atoms with Crippen LogP contribution >= 0.6 is 22.7 Å². The predicted molar refractivity (Wildman–Crippen MR) is 105 cm³/mol. The molecule has 0 saturated heterocycles. The summed E-state index contributed by atoms with van der Waals surface area (Å²) >= 11 is 3.72. The molecule has 0 atom stereocenters. The summed E-state index contributed by atoms with van der Waals surface area (Å²) in [5.41, 5.74) is 11.1. The largest absolute Gasteiger partial charge is 0.143 e. The third-order valence-corrected chi connectivity index (χ3v) is 6.87. The lowest BCUT2D eigenvalue weighted by Gasteiger charge is -2.09. The highest BCUT2D eigenvalue weighted by molar-refractivity contribution is 7.13. The molecule has 0 aliphatic heterocycles. The van der Waals surface area contributed by atoms with Crippen molar-refractivity contribution in [3.8, 4) is 22.3 Å². The van der Waals surface area contributed by atoms with Crippen LogP contribution in [0.3, 0.4) is 0 Å². The fourth-order valence-electron chi connectivity index (χ4n) is 4.04. The Labute approximate surface area is 148 Å². The van der Waals surface area contributed by atoms with Gasteiger partial charge in [0.1, 0.15) is 0 Å². The summed E-state index contributed by atoms with van der Waals surface area (Å²) in [6.07, 6.45) is 0. The molecule has 0 spiro atoms. The molecular formula is C22H12S2. The molecule has 0 radical (unpaired) electrons. The lowest BCUT2D eigenvalue weighted by atomic mass is 9.97. The molecule has 0 N–H and O–H groups in total. The minimum Gasteiger partial charge on any atom is -0.143 e. The minimum absolute atomic E-state index is 1.37. The van der Waals surface area contributed by atoms with Crippen LogP contribution in [-0.2, 0) is 0 Å². The Bertz CT molecular complexity index is 1060. The Morgan fingerprint density at radius 1 is 0.417 bits per heavy atom. The van der Waals surface area contributed by atoms with Crippen LogP contribution in [-0.4, -0.2) is 0 Å². The highest BCUT2D eigenvalue weighted by atomic mass is 32.1. The van der Waals surface area contributed by atoms with Crippen LogP contribution < -0.4 is 0 Å². The lowest BCUT2D eigenvalue weighted by molar-refractivity contribution is 1.64. The van der Waals surface area contributed by atoms with E-state index >= 15 is 0 Å². The zero-order chi connectivity index (χ0) is 15.7. The topological polar surface area (TPSA) is 0 Å². The first-order valence-electron chi connectivity index (χ1n) is 8.03. The monoisotopic (exact) mass is 340 g/mol. The molecule has 0 unspecified atom stereocenters. The van der Waals surface area contributed by atoms with Gasteiger partial charge in [-0.3, -0.25) is 0 Å². The summed E-state index contributed by atoms with van der Waals surface area (Å²) in [7, 11) is 0. The van der Waals surface area contributed by atoms with E-state index in [4.69, 9.17) is 0 Å². The number of fused-ring (bicyclic) bond motifs is 6. The van der Waals surface area contributed by atoms with E-state index in [2.05, 4.69) is 71.4 Å². The number of thiophene rings is 2. The van der Waals surface area contributed by atoms with Gasteiger partial charge in [0.15, 0.2) is 0 Å². The summed E-state index contributed by atoms with van der Waals surface area (Å²) in [6, 6.07) is 22.2. The van der Waals surface area contributed by atoms with Gasteiger partial charge in [-0.1, -0.05) is 48.5 Å². The van der Waals surface area contributed by atoms with Gasteiger partial charge in [-0.25, -0.2) is 0 Å². The van der Waals surface area contributed by atoms with E-state index in [9.17, 15) is 0 Å². The van der Waals surface area contributed by atoms with Gasteiger partial charge in [-0.05, 0) is 45.1 Å². The van der Waals surface area contributed by atoms with Crippen molar-refractivity contribution in [2.75, 3.05) is 0 Å². The van der Waals surface area contributed by atoms with Crippen molar-refractivity contribution < 1.29 is 0 Å². The van der Waals surface area contributed by atoms with Crippen molar-refractivity contribution in [1.29, 1.82) is 0 Å². The number of hydrogen-bond acceptors (Lipinski definition) is 2. The van der Waals surface area contributed by atoms with Crippen LogP contribution in [0.1, 0.15) is 20.9 Å². The highest BCUT2D eigenvalue weighted by Crippen LogP contribution is 2.56. The molecule has 0 bridgehead atoms. The molecule has 2 aromatic carbocycles. The van der Waals surface area contributed by atoms with E-state index in [1.807, 2.05) is 22.7 Å². The van der Waals surface area contributed by atoms with Crippen LogP contribution in [0.5, 0.6) is 0 Å². The van der Waals surface area contributed by atoms with Crippen molar-refractivity contribution in [2.24, 2.45) is 0 Å². The van der Waals surface area contributed by atoms with Gasteiger partial charge in [0.2, 0.25) is 0 Å². The molecule has 0 fully saturated rings. The first-order chi connectivity index (χ1) is 11.9. The number of benzene rings is 2. The van der Waals surface area contributed by atoms with E-state index in [0.29, 0.717) is 0 Å². The molecule has 2 heteroatoms. The van der Waals surface area contributed by atoms with Crippen molar-refractivity contribution >= 4 is 33.8 Å². The van der Waals surface area contributed by atoms with Crippen LogP contribution in [0.15, 0.2) is 71.4 Å². The summed E-state index contributed by atoms with van der Waals surface area (Å²) in [5.74, 6) is 0. The summed E-state index contributed by atoms with van der Waals surface area (Å²) in [5, 5.41) is 4.44. The van der Waals surface area contributed by atoms with Gasteiger partial charge in [0.25, 0.3) is 0 Å². The van der Waals surface area contributed by atoms with Crippen molar-refractivity contribution in [2.45, 2.75) is 0 Å². The van der Waals surface area contributed by atoms with Gasteiger partial charge >= 0.3 is 0 Å². The molecule has 6 rings (SSSR count). The number of rotatable bonds is 0. The normalized spacial score (nSPS) is 16.7. The lowest BCUT2D eigenvalue weighted by Crippen LogP contribution is -1.88. The first-order valence-corrected chi connectivity index (χ1v) is 9.79. The van der Waals surface area contributed by atoms with Crippen LogP contribution in [0.2, 0.25) is 0 Å². The molecule has 2 aliphatic carbocycles. The van der Waals surface area contributed by atoms with Gasteiger partial charge in [-0.15, -0.1) is 22.7 Å². The molecule has 112 valence electrons. The maximum Gasteiger partial charge on any atom is 0.0434 e. The Hall–Kier alpha value is -2.42. The molecule has 2 aliphatic rings. The Kier molecular flexibility index (Phi) is 2.46.